The van der Waals surface area contributed by atoms with Crippen molar-refractivity contribution in [3.05, 3.63) is 12.7 Å². The van der Waals surface area contributed by atoms with Crippen LogP contribution < -0.4 is 0 Å². The van der Waals surface area contributed by atoms with Gasteiger partial charge in [0.2, 0.25) is 0 Å². The molecular formula is C11H20O. The van der Waals surface area contributed by atoms with Crippen LogP contribution in [0.25, 0.3) is 0 Å². The van der Waals surface area contributed by atoms with Crippen LogP contribution in [0.2, 0.25) is 0 Å². The van der Waals surface area contributed by atoms with E-state index in [1.165, 1.54) is 25.7 Å². The maximum Gasteiger partial charge on any atom is 0.0596 e. The Labute approximate surface area is 75.5 Å². The van der Waals surface area contributed by atoms with E-state index in [9.17, 15) is 5.11 Å². The summed E-state index contributed by atoms with van der Waals surface area (Å²) in [5, 5.41) is 9.90. The second-order valence-corrected chi connectivity index (χ2v) is 4.04. The van der Waals surface area contributed by atoms with E-state index in [1.54, 1.807) is 0 Å². The fraction of sp³-hybridized carbons (Fsp3) is 0.818. The molecule has 0 aromatic heterocycles. The van der Waals surface area contributed by atoms with Crippen LogP contribution in [0.3, 0.4) is 0 Å². The van der Waals surface area contributed by atoms with Crippen LogP contribution in [0.1, 0.15) is 39.0 Å². The zero-order valence-corrected chi connectivity index (χ0v) is 8.00. The molecule has 1 aliphatic carbocycles. The van der Waals surface area contributed by atoms with Crippen molar-refractivity contribution in [2.24, 2.45) is 11.8 Å². The number of hydrogen-bond acceptors (Lipinski definition) is 1. The first-order chi connectivity index (χ1) is 5.75. The van der Waals surface area contributed by atoms with Crippen LogP contribution in [0, 0.1) is 11.8 Å². The molecule has 2 atom stereocenters. The summed E-state index contributed by atoms with van der Waals surface area (Å²) < 4.78 is 0. The molecule has 0 saturated heterocycles. The lowest BCUT2D eigenvalue weighted by molar-refractivity contribution is 0.0611. The molecule has 0 bridgehead atoms. The Bertz CT molecular complexity index is 136. The van der Waals surface area contributed by atoms with E-state index in [2.05, 4.69) is 13.5 Å². The Kier molecular flexibility index (Phi) is 3.80. The third-order valence-corrected chi connectivity index (χ3v) is 3.00. The summed E-state index contributed by atoms with van der Waals surface area (Å²) in [5.74, 6) is 0.963. The predicted octanol–water partition coefficient (Wildman–Crippen LogP) is 2.75. The predicted molar refractivity (Wildman–Crippen MR) is 51.9 cm³/mol. The van der Waals surface area contributed by atoms with Crippen molar-refractivity contribution in [2.75, 3.05) is 0 Å². The molecule has 1 fully saturated rings. The van der Waals surface area contributed by atoms with Gasteiger partial charge in [-0.05, 0) is 31.1 Å². The molecule has 2 unspecified atom stereocenters. The third-order valence-electron chi connectivity index (χ3n) is 3.00. The minimum atomic E-state index is -0.0921. The molecule has 1 N–H and O–H groups in total. The monoisotopic (exact) mass is 168 g/mol. The summed E-state index contributed by atoms with van der Waals surface area (Å²) >= 11 is 0. The highest BCUT2D eigenvalue weighted by Crippen LogP contribution is 2.31. The number of aliphatic hydroxyl groups is 1. The Morgan fingerprint density at radius 1 is 1.50 bits per heavy atom. The van der Waals surface area contributed by atoms with Crippen LogP contribution >= 0.6 is 0 Å². The van der Waals surface area contributed by atoms with E-state index in [4.69, 9.17) is 0 Å². The molecule has 0 aromatic rings. The van der Waals surface area contributed by atoms with E-state index in [-0.39, 0.29) is 6.10 Å². The summed E-state index contributed by atoms with van der Waals surface area (Å²) in [6, 6.07) is 0. The molecule has 0 radical (unpaired) electrons. The summed E-state index contributed by atoms with van der Waals surface area (Å²) in [7, 11) is 0. The molecule has 0 aromatic carbocycles. The molecule has 1 aliphatic rings. The smallest absolute Gasteiger partial charge is 0.0596 e. The van der Waals surface area contributed by atoms with E-state index in [1.807, 2.05) is 6.08 Å². The molecule has 1 saturated carbocycles. The van der Waals surface area contributed by atoms with Gasteiger partial charge in [-0.15, -0.1) is 6.58 Å². The second kappa shape index (κ2) is 4.66. The van der Waals surface area contributed by atoms with Gasteiger partial charge in [-0.2, -0.15) is 0 Å². The van der Waals surface area contributed by atoms with Gasteiger partial charge in [0, 0.05) is 0 Å². The molecular weight excluding hydrogens is 148 g/mol. The van der Waals surface area contributed by atoms with Crippen LogP contribution in [0.4, 0.5) is 0 Å². The lowest BCUT2D eigenvalue weighted by atomic mass is 9.89. The average Bonchev–Trinajstić information content (AvgIpc) is 2.55. The van der Waals surface area contributed by atoms with Gasteiger partial charge < -0.3 is 5.11 Å². The van der Waals surface area contributed by atoms with Crippen molar-refractivity contribution in [2.45, 2.75) is 45.1 Å². The maximum atomic E-state index is 9.90. The van der Waals surface area contributed by atoms with Crippen LogP contribution in [-0.2, 0) is 0 Å². The minimum Gasteiger partial charge on any atom is -0.393 e. The highest BCUT2D eigenvalue weighted by Gasteiger charge is 2.26. The van der Waals surface area contributed by atoms with E-state index < -0.39 is 0 Å². The van der Waals surface area contributed by atoms with Gasteiger partial charge in [0.05, 0.1) is 6.10 Å². The Morgan fingerprint density at radius 2 is 2.08 bits per heavy atom. The molecule has 12 heavy (non-hydrogen) atoms. The molecule has 0 heterocycles. The summed E-state index contributed by atoms with van der Waals surface area (Å²) in [4.78, 5) is 0. The molecule has 1 rings (SSSR count). The molecule has 1 nitrogen and oxygen atoms in total. The number of aliphatic hydroxyl groups excluding tert-OH is 1. The number of allylic oxidation sites excluding steroid dienone is 1. The van der Waals surface area contributed by atoms with Crippen LogP contribution in [0.5, 0.6) is 0 Å². The van der Waals surface area contributed by atoms with E-state index in [0.717, 1.165) is 6.42 Å². The molecule has 0 amide bonds. The summed E-state index contributed by atoms with van der Waals surface area (Å²) in [5.41, 5.74) is 0. The average molecular weight is 168 g/mol. The summed E-state index contributed by atoms with van der Waals surface area (Å²) in [6.07, 6.45) is 7.82. The molecule has 0 aliphatic heterocycles. The summed E-state index contributed by atoms with van der Waals surface area (Å²) in [6.45, 7) is 5.81. The van der Waals surface area contributed by atoms with Gasteiger partial charge in [-0.1, -0.05) is 25.8 Å². The standard InChI is InChI=1S/C11H20O/c1-3-6-9(2)11(12)10-7-4-5-8-10/h3,9-12H,1,4-8H2,2H3. The SMILES string of the molecule is C=CCC(C)C(O)C1CCCC1. The lowest BCUT2D eigenvalue weighted by Gasteiger charge is -2.23. The van der Waals surface area contributed by atoms with E-state index >= 15 is 0 Å². The first kappa shape index (κ1) is 9.79. The number of hydrogen-bond donors (Lipinski definition) is 1. The fourth-order valence-electron chi connectivity index (χ4n) is 2.17. The van der Waals surface area contributed by atoms with Gasteiger partial charge in [0.25, 0.3) is 0 Å². The van der Waals surface area contributed by atoms with Crippen molar-refractivity contribution in [3.8, 4) is 0 Å². The van der Waals surface area contributed by atoms with Crippen molar-refractivity contribution in [3.63, 3.8) is 0 Å². The molecule has 0 spiro atoms. The highest BCUT2D eigenvalue weighted by atomic mass is 16.3. The van der Waals surface area contributed by atoms with Crippen molar-refractivity contribution in [1.82, 2.24) is 0 Å². The van der Waals surface area contributed by atoms with Crippen molar-refractivity contribution >= 4 is 0 Å². The van der Waals surface area contributed by atoms with Crippen LogP contribution in [-0.4, -0.2) is 11.2 Å². The van der Waals surface area contributed by atoms with Crippen LogP contribution in [0.15, 0.2) is 12.7 Å². The lowest BCUT2D eigenvalue weighted by Crippen LogP contribution is -2.25. The second-order valence-electron chi connectivity index (χ2n) is 4.04. The van der Waals surface area contributed by atoms with Gasteiger partial charge in [0.15, 0.2) is 0 Å². The fourth-order valence-corrected chi connectivity index (χ4v) is 2.17. The third kappa shape index (κ3) is 2.34. The van der Waals surface area contributed by atoms with E-state index in [0.29, 0.717) is 11.8 Å². The van der Waals surface area contributed by atoms with Gasteiger partial charge in [-0.25, -0.2) is 0 Å². The van der Waals surface area contributed by atoms with Gasteiger partial charge in [-0.3, -0.25) is 0 Å². The largest absolute Gasteiger partial charge is 0.393 e. The number of rotatable bonds is 4. The van der Waals surface area contributed by atoms with Gasteiger partial charge >= 0.3 is 0 Å². The highest BCUT2D eigenvalue weighted by molar-refractivity contribution is 4.82. The van der Waals surface area contributed by atoms with Gasteiger partial charge in [0.1, 0.15) is 0 Å². The quantitative estimate of drug-likeness (QED) is 0.640. The van der Waals surface area contributed by atoms with Crippen molar-refractivity contribution < 1.29 is 5.11 Å². The van der Waals surface area contributed by atoms with Crippen molar-refractivity contribution in [1.29, 1.82) is 0 Å². The normalized spacial score (nSPS) is 23.8. The topological polar surface area (TPSA) is 20.2 Å². The zero-order chi connectivity index (χ0) is 8.97. The zero-order valence-electron chi connectivity index (χ0n) is 8.00. The maximum absolute atomic E-state index is 9.90. The Morgan fingerprint density at radius 3 is 2.58 bits per heavy atom. The molecule has 70 valence electrons. The first-order valence-corrected chi connectivity index (χ1v) is 5.04. The molecule has 1 heteroatoms. The Hall–Kier alpha value is -0.300. The Balaban J connectivity index is 2.33. The minimum absolute atomic E-state index is 0.0921. The first-order valence-electron chi connectivity index (χ1n) is 5.04.